The lowest BCUT2D eigenvalue weighted by Gasteiger charge is -2.31. The number of hydrogen-bond donors (Lipinski definition) is 0. The minimum Gasteiger partial charge on any atom is -0.489 e. The van der Waals surface area contributed by atoms with E-state index in [1.165, 1.54) is 6.26 Å². The molecule has 1 aliphatic heterocycles. The monoisotopic (exact) mass is 306 g/mol. The quantitative estimate of drug-likeness (QED) is 0.874. The Morgan fingerprint density at radius 2 is 2.19 bits per heavy atom. The lowest BCUT2D eigenvalue weighted by atomic mass is 10.1. The van der Waals surface area contributed by atoms with Crippen LogP contribution in [0.3, 0.4) is 0 Å². The molecule has 0 atom stereocenters. The van der Waals surface area contributed by atoms with Crippen molar-refractivity contribution in [2.75, 3.05) is 13.1 Å². The van der Waals surface area contributed by atoms with Crippen LogP contribution >= 0.6 is 11.6 Å². The van der Waals surface area contributed by atoms with Crippen LogP contribution in [0.4, 0.5) is 0 Å². The van der Waals surface area contributed by atoms with Gasteiger partial charge in [0.25, 0.3) is 5.91 Å². The second kappa shape index (κ2) is 6.18. The predicted octanol–water partition coefficient (Wildman–Crippen LogP) is 3.01. The lowest BCUT2D eigenvalue weighted by molar-refractivity contribution is 0.0567. The maximum absolute atomic E-state index is 12.1. The van der Waals surface area contributed by atoms with Crippen LogP contribution in [0.15, 0.2) is 41.3 Å². The van der Waals surface area contributed by atoms with E-state index < -0.39 is 0 Å². The summed E-state index contributed by atoms with van der Waals surface area (Å²) in [6, 6.07) is 5.15. The van der Waals surface area contributed by atoms with Crippen molar-refractivity contribution >= 4 is 17.5 Å². The minimum absolute atomic E-state index is 0.0607. The van der Waals surface area contributed by atoms with Crippen molar-refractivity contribution in [3.8, 4) is 5.75 Å². The van der Waals surface area contributed by atoms with Crippen LogP contribution in [0.5, 0.6) is 5.75 Å². The topological polar surface area (TPSA) is 55.6 Å². The summed E-state index contributed by atoms with van der Waals surface area (Å²) in [6.45, 7) is 1.29. The molecule has 110 valence electrons. The molecule has 0 aromatic carbocycles. The fourth-order valence-electron chi connectivity index (χ4n) is 2.37. The summed E-state index contributed by atoms with van der Waals surface area (Å²) in [5.41, 5.74) is 0. The van der Waals surface area contributed by atoms with Gasteiger partial charge in [-0.05, 0) is 12.1 Å². The molecular weight excluding hydrogens is 292 g/mol. The Balaban J connectivity index is 1.56. The van der Waals surface area contributed by atoms with E-state index in [1.54, 1.807) is 35.5 Å². The molecule has 1 aliphatic rings. The van der Waals surface area contributed by atoms with Crippen molar-refractivity contribution in [3.05, 3.63) is 47.6 Å². The van der Waals surface area contributed by atoms with Gasteiger partial charge in [-0.3, -0.25) is 9.78 Å². The summed E-state index contributed by atoms with van der Waals surface area (Å²) in [6.07, 6.45) is 6.32. The molecule has 1 saturated heterocycles. The number of pyridine rings is 1. The molecule has 6 heteroatoms. The Morgan fingerprint density at radius 3 is 2.86 bits per heavy atom. The van der Waals surface area contributed by atoms with Crippen molar-refractivity contribution in [1.82, 2.24) is 9.88 Å². The highest BCUT2D eigenvalue weighted by Crippen LogP contribution is 2.26. The normalized spacial score (nSPS) is 16.0. The van der Waals surface area contributed by atoms with Crippen molar-refractivity contribution in [2.24, 2.45) is 0 Å². The van der Waals surface area contributed by atoms with Gasteiger partial charge in [-0.25, -0.2) is 0 Å². The van der Waals surface area contributed by atoms with E-state index in [9.17, 15) is 4.79 Å². The fourth-order valence-corrected chi connectivity index (χ4v) is 2.53. The van der Waals surface area contributed by atoms with Crippen LogP contribution in [0.1, 0.15) is 23.4 Å². The lowest BCUT2D eigenvalue weighted by Crippen LogP contribution is -2.41. The first-order chi connectivity index (χ1) is 10.2. The molecule has 5 nitrogen and oxygen atoms in total. The first-order valence-electron chi connectivity index (χ1n) is 6.83. The van der Waals surface area contributed by atoms with Gasteiger partial charge in [0.2, 0.25) is 0 Å². The van der Waals surface area contributed by atoms with Gasteiger partial charge < -0.3 is 14.1 Å². The molecule has 0 radical (unpaired) electrons. The van der Waals surface area contributed by atoms with Gasteiger partial charge in [-0.1, -0.05) is 11.6 Å². The zero-order valence-corrected chi connectivity index (χ0v) is 12.1. The summed E-state index contributed by atoms with van der Waals surface area (Å²) >= 11 is 6.03. The molecule has 0 N–H and O–H groups in total. The molecule has 0 unspecified atom stereocenters. The van der Waals surface area contributed by atoms with E-state index in [-0.39, 0.29) is 12.0 Å². The van der Waals surface area contributed by atoms with Gasteiger partial charge in [-0.15, -0.1) is 0 Å². The van der Waals surface area contributed by atoms with Gasteiger partial charge in [0.05, 0.1) is 6.26 Å². The van der Waals surface area contributed by atoms with Crippen LogP contribution in [0.2, 0.25) is 5.02 Å². The van der Waals surface area contributed by atoms with Crippen LogP contribution in [-0.4, -0.2) is 35.0 Å². The summed E-state index contributed by atoms with van der Waals surface area (Å²) in [5.74, 6) is 0.953. The van der Waals surface area contributed by atoms with E-state index in [1.807, 2.05) is 0 Å². The molecule has 0 spiro atoms. The number of likely N-dealkylation sites (tertiary alicyclic amines) is 1. The van der Waals surface area contributed by atoms with Crippen molar-refractivity contribution in [1.29, 1.82) is 0 Å². The number of carbonyl (C=O) groups excluding carboxylic acids is 1. The summed E-state index contributed by atoms with van der Waals surface area (Å²) in [4.78, 5) is 17.9. The molecule has 1 fully saturated rings. The number of piperidine rings is 1. The summed E-state index contributed by atoms with van der Waals surface area (Å²) in [5, 5.41) is 0.506. The van der Waals surface area contributed by atoms with Crippen LogP contribution in [-0.2, 0) is 0 Å². The van der Waals surface area contributed by atoms with E-state index in [0.717, 1.165) is 12.8 Å². The molecular formula is C15H15ClN2O3. The van der Waals surface area contributed by atoms with Crippen LogP contribution in [0, 0.1) is 0 Å². The minimum atomic E-state index is -0.0691. The molecule has 0 saturated carbocycles. The zero-order valence-electron chi connectivity index (χ0n) is 11.4. The van der Waals surface area contributed by atoms with E-state index in [0.29, 0.717) is 29.6 Å². The van der Waals surface area contributed by atoms with Gasteiger partial charge in [0.1, 0.15) is 16.9 Å². The Kier molecular flexibility index (Phi) is 4.10. The number of rotatable bonds is 3. The number of ether oxygens (including phenoxy) is 1. The SMILES string of the molecule is O=C(c1ccco1)N1CCC(Oc2ccncc2Cl)CC1. The van der Waals surface area contributed by atoms with E-state index >= 15 is 0 Å². The van der Waals surface area contributed by atoms with Crippen molar-refractivity contribution in [2.45, 2.75) is 18.9 Å². The third-order valence-electron chi connectivity index (χ3n) is 3.49. The maximum Gasteiger partial charge on any atom is 0.289 e. The Hall–Kier alpha value is -2.01. The highest BCUT2D eigenvalue weighted by Gasteiger charge is 2.26. The molecule has 1 amide bonds. The average molecular weight is 307 g/mol. The van der Waals surface area contributed by atoms with Gasteiger partial charge in [0.15, 0.2) is 5.76 Å². The highest BCUT2D eigenvalue weighted by atomic mass is 35.5. The van der Waals surface area contributed by atoms with Gasteiger partial charge >= 0.3 is 0 Å². The number of carbonyl (C=O) groups is 1. The third kappa shape index (κ3) is 3.19. The predicted molar refractivity (Wildman–Crippen MR) is 77.5 cm³/mol. The number of furan rings is 1. The molecule has 0 aliphatic carbocycles. The average Bonchev–Trinajstić information content (AvgIpc) is 3.04. The largest absolute Gasteiger partial charge is 0.489 e. The van der Waals surface area contributed by atoms with Crippen LogP contribution in [0.25, 0.3) is 0 Å². The first-order valence-corrected chi connectivity index (χ1v) is 7.21. The smallest absolute Gasteiger partial charge is 0.289 e. The maximum atomic E-state index is 12.1. The second-order valence-electron chi connectivity index (χ2n) is 4.89. The Labute approximate surface area is 127 Å². The third-order valence-corrected chi connectivity index (χ3v) is 3.77. The molecule has 3 rings (SSSR count). The standard InChI is InChI=1S/C15H15ClN2O3/c16-12-10-17-6-3-13(12)21-11-4-7-18(8-5-11)15(19)14-2-1-9-20-14/h1-3,6,9-11H,4-5,7-8H2. The Bertz CT molecular complexity index is 607. The van der Waals surface area contributed by atoms with Crippen LogP contribution < -0.4 is 4.74 Å². The highest BCUT2D eigenvalue weighted by molar-refractivity contribution is 6.31. The number of hydrogen-bond acceptors (Lipinski definition) is 4. The Morgan fingerprint density at radius 1 is 1.38 bits per heavy atom. The first kappa shape index (κ1) is 13.9. The number of nitrogens with zero attached hydrogens (tertiary/aromatic N) is 2. The summed E-state index contributed by atoms with van der Waals surface area (Å²) in [7, 11) is 0. The van der Waals surface area contributed by atoms with E-state index in [4.69, 9.17) is 20.8 Å². The zero-order chi connectivity index (χ0) is 14.7. The molecule has 2 aromatic rings. The number of halogens is 1. The molecule has 3 heterocycles. The van der Waals surface area contributed by atoms with Crippen molar-refractivity contribution in [3.63, 3.8) is 0 Å². The molecule has 0 bridgehead atoms. The molecule has 21 heavy (non-hydrogen) atoms. The van der Waals surface area contributed by atoms with E-state index in [2.05, 4.69) is 4.98 Å². The number of aromatic nitrogens is 1. The molecule has 2 aromatic heterocycles. The van der Waals surface area contributed by atoms with Crippen molar-refractivity contribution < 1.29 is 13.9 Å². The summed E-state index contributed by atoms with van der Waals surface area (Å²) < 4.78 is 11.0. The van der Waals surface area contributed by atoms with Gasteiger partial charge in [-0.2, -0.15) is 0 Å². The number of amides is 1. The van der Waals surface area contributed by atoms with Gasteiger partial charge in [0, 0.05) is 44.4 Å². The fraction of sp³-hybridized carbons (Fsp3) is 0.333. The second-order valence-corrected chi connectivity index (χ2v) is 5.30.